The van der Waals surface area contributed by atoms with Gasteiger partial charge in [-0.05, 0) is 50.1 Å². The average Bonchev–Trinajstić information content (AvgIpc) is 3.05. The third-order valence-electron chi connectivity index (χ3n) is 4.54. The standard InChI is InChI=1S/C21H20N4O2S/c1-14-11-15(2)20(16(3)12-14)28(26,27)24-18-7-5-17(6-8-18)19-13-25-10-4-9-22-21(25)23-19/h4-13,24H,1-3H3. The van der Waals surface area contributed by atoms with Gasteiger partial charge in [-0.25, -0.2) is 18.4 Å². The fourth-order valence-electron chi connectivity index (χ4n) is 3.47. The zero-order chi connectivity index (χ0) is 19.9. The molecule has 0 bridgehead atoms. The quantitative estimate of drug-likeness (QED) is 0.567. The van der Waals surface area contributed by atoms with E-state index in [-0.39, 0.29) is 0 Å². The number of hydrogen-bond acceptors (Lipinski definition) is 4. The number of nitrogens with zero attached hydrogens (tertiary/aromatic N) is 3. The minimum Gasteiger partial charge on any atom is -0.291 e. The molecule has 142 valence electrons. The van der Waals surface area contributed by atoms with Gasteiger partial charge in [-0.15, -0.1) is 0 Å². The summed E-state index contributed by atoms with van der Waals surface area (Å²) in [6.07, 6.45) is 5.47. The van der Waals surface area contributed by atoms with Gasteiger partial charge >= 0.3 is 0 Å². The van der Waals surface area contributed by atoms with Crippen LogP contribution in [0.5, 0.6) is 0 Å². The van der Waals surface area contributed by atoms with Gasteiger partial charge in [0.15, 0.2) is 0 Å². The van der Waals surface area contributed by atoms with Gasteiger partial charge in [0.1, 0.15) is 0 Å². The predicted molar refractivity (Wildman–Crippen MR) is 110 cm³/mol. The lowest BCUT2D eigenvalue weighted by Gasteiger charge is -2.14. The van der Waals surface area contributed by atoms with E-state index in [1.807, 2.05) is 67.9 Å². The number of anilines is 1. The van der Waals surface area contributed by atoms with Crippen molar-refractivity contribution < 1.29 is 8.42 Å². The number of hydrogen-bond donors (Lipinski definition) is 1. The summed E-state index contributed by atoms with van der Waals surface area (Å²) in [5.41, 5.74) is 4.68. The summed E-state index contributed by atoms with van der Waals surface area (Å²) in [7, 11) is -3.67. The Morgan fingerprint density at radius 3 is 2.32 bits per heavy atom. The van der Waals surface area contributed by atoms with Gasteiger partial charge < -0.3 is 0 Å². The molecule has 0 atom stereocenters. The van der Waals surface area contributed by atoms with Crippen LogP contribution in [0.1, 0.15) is 16.7 Å². The predicted octanol–water partition coefficient (Wildman–Crippen LogP) is 4.12. The highest BCUT2D eigenvalue weighted by molar-refractivity contribution is 7.92. The molecule has 2 heterocycles. The largest absolute Gasteiger partial charge is 0.291 e. The molecule has 2 aromatic heterocycles. The number of sulfonamides is 1. The molecule has 2 aromatic carbocycles. The Bertz CT molecular complexity index is 1220. The minimum absolute atomic E-state index is 0.327. The molecule has 4 rings (SSSR count). The summed E-state index contributed by atoms with van der Waals surface area (Å²) < 4.78 is 30.3. The first-order valence-electron chi connectivity index (χ1n) is 8.84. The molecule has 1 N–H and O–H groups in total. The van der Waals surface area contributed by atoms with Crippen molar-refractivity contribution in [3.63, 3.8) is 0 Å². The zero-order valence-corrected chi connectivity index (χ0v) is 16.7. The number of fused-ring (bicyclic) bond motifs is 1. The number of nitrogens with one attached hydrogen (secondary N) is 1. The third kappa shape index (κ3) is 3.36. The van der Waals surface area contributed by atoms with Crippen molar-refractivity contribution >= 4 is 21.5 Å². The van der Waals surface area contributed by atoms with Crippen LogP contribution in [0.4, 0.5) is 5.69 Å². The fraction of sp³-hybridized carbons (Fsp3) is 0.143. The van der Waals surface area contributed by atoms with Crippen LogP contribution >= 0.6 is 0 Å². The first-order chi connectivity index (χ1) is 13.3. The van der Waals surface area contributed by atoms with Crippen molar-refractivity contribution in [2.24, 2.45) is 0 Å². The maximum atomic E-state index is 12.9. The summed E-state index contributed by atoms with van der Waals surface area (Å²) in [5, 5.41) is 0. The van der Waals surface area contributed by atoms with Crippen molar-refractivity contribution in [3.8, 4) is 11.3 Å². The maximum absolute atomic E-state index is 12.9. The zero-order valence-electron chi connectivity index (χ0n) is 15.8. The van der Waals surface area contributed by atoms with Gasteiger partial charge in [0, 0.05) is 29.8 Å². The molecule has 6 nitrogen and oxygen atoms in total. The van der Waals surface area contributed by atoms with Crippen LogP contribution in [0.25, 0.3) is 17.0 Å². The molecule has 0 unspecified atom stereocenters. The van der Waals surface area contributed by atoms with Crippen LogP contribution in [0.15, 0.2) is 66.0 Å². The number of aromatic nitrogens is 3. The van der Waals surface area contributed by atoms with Gasteiger partial charge in [-0.2, -0.15) is 0 Å². The number of benzene rings is 2. The molecule has 0 aliphatic carbocycles. The van der Waals surface area contributed by atoms with Gasteiger partial charge in [0.05, 0.1) is 10.6 Å². The minimum atomic E-state index is -3.67. The molecule has 0 aliphatic heterocycles. The number of imidazole rings is 1. The van der Waals surface area contributed by atoms with E-state index < -0.39 is 10.0 Å². The second-order valence-corrected chi connectivity index (χ2v) is 8.48. The van der Waals surface area contributed by atoms with Crippen molar-refractivity contribution in [2.75, 3.05) is 4.72 Å². The SMILES string of the molecule is Cc1cc(C)c(S(=O)(=O)Nc2ccc(-c3cn4cccnc4n3)cc2)c(C)c1. The maximum Gasteiger partial charge on any atom is 0.262 e. The fourth-order valence-corrected chi connectivity index (χ4v) is 4.99. The van der Waals surface area contributed by atoms with Gasteiger partial charge in [-0.1, -0.05) is 29.8 Å². The van der Waals surface area contributed by atoms with E-state index in [4.69, 9.17) is 0 Å². The lowest BCUT2D eigenvalue weighted by atomic mass is 10.1. The molecule has 0 fully saturated rings. The van der Waals surface area contributed by atoms with E-state index in [9.17, 15) is 8.42 Å². The molecule has 0 saturated carbocycles. The Morgan fingerprint density at radius 1 is 1.00 bits per heavy atom. The number of rotatable bonds is 4. The molecular formula is C21H20N4O2S. The van der Waals surface area contributed by atoms with E-state index in [0.29, 0.717) is 16.4 Å². The van der Waals surface area contributed by atoms with Crippen LogP contribution in [-0.4, -0.2) is 22.8 Å². The first-order valence-corrected chi connectivity index (χ1v) is 10.3. The normalized spacial score (nSPS) is 11.7. The van der Waals surface area contributed by atoms with E-state index >= 15 is 0 Å². The lowest BCUT2D eigenvalue weighted by molar-refractivity contribution is 0.600. The molecule has 7 heteroatoms. The van der Waals surface area contributed by atoms with E-state index in [0.717, 1.165) is 27.9 Å². The van der Waals surface area contributed by atoms with E-state index in [1.54, 1.807) is 18.3 Å². The Hall–Kier alpha value is -3.19. The van der Waals surface area contributed by atoms with Crippen molar-refractivity contribution in [1.82, 2.24) is 14.4 Å². The van der Waals surface area contributed by atoms with Crippen LogP contribution in [-0.2, 0) is 10.0 Å². The first kappa shape index (κ1) is 18.2. The van der Waals surface area contributed by atoms with Crippen LogP contribution in [0, 0.1) is 20.8 Å². The van der Waals surface area contributed by atoms with Crippen molar-refractivity contribution in [2.45, 2.75) is 25.7 Å². The van der Waals surface area contributed by atoms with Crippen molar-refractivity contribution in [1.29, 1.82) is 0 Å². The highest BCUT2D eigenvalue weighted by Gasteiger charge is 2.20. The molecule has 0 saturated heterocycles. The Kier molecular flexibility index (Phi) is 4.39. The summed E-state index contributed by atoms with van der Waals surface area (Å²) in [6.45, 7) is 5.58. The monoisotopic (exact) mass is 392 g/mol. The molecule has 0 radical (unpaired) electrons. The van der Waals surface area contributed by atoms with Gasteiger partial charge in [0.25, 0.3) is 10.0 Å². The van der Waals surface area contributed by atoms with Crippen LogP contribution < -0.4 is 4.72 Å². The Morgan fingerprint density at radius 2 is 1.68 bits per heavy atom. The van der Waals surface area contributed by atoms with Gasteiger partial charge in [0.2, 0.25) is 5.78 Å². The molecule has 0 aliphatic rings. The summed E-state index contributed by atoms with van der Waals surface area (Å²) in [5.74, 6) is 0.618. The highest BCUT2D eigenvalue weighted by Crippen LogP contribution is 2.26. The molecule has 4 aromatic rings. The molecular weight excluding hydrogens is 372 g/mol. The van der Waals surface area contributed by atoms with Gasteiger partial charge in [-0.3, -0.25) is 9.12 Å². The van der Waals surface area contributed by atoms with Crippen molar-refractivity contribution in [3.05, 3.63) is 77.7 Å². The lowest BCUT2D eigenvalue weighted by Crippen LogP contribution is -2.15. The number of aryl methyl sites for hydroxylation is 3. The average molecular weight is 392 g/mol. The third-order valence-corrected chi connectivity index (χ3v) is 6.23. The summed E-state index contributed by atoms with van der Waals surface area (Å²) in [6, 6.07) is 12.8. The molecule has 0 spiro atoms. The van der Waals surface area contributed by atoms with E-state index in [2.05, 4.69) is 14.7 Å². The second kappa shape index (κ2) is 6.76. The Balaban J connectivity index is 1.62. The second-order valence-electron chi connectivity index (χ2n) is 6.86. The smallest absolute Gasteiger partial charge is 0.262 e. The van der Waals surface area contributed by atoms with Crippen LogP contribution in [0.3, 0.4) is 0 Å². The van der Waals surface area contributed by atoms with Crippen LogP contribution in [0.2, 0.25) is 0 Å². The highest BCUT2D eigenvalue weighted by atomic mass is 32.2. The summed E-state index contributed by atoms with van der Waals surface area (Å²) in [4.78, 5) is 9.02. The molecule has 28 heavy (non-hydrogen) atoms. The summed E-state index contributed by atoms with van der Waals surface area (Å²) >= 11 is 0. The Labute approximate surface area is 164 Å². The topological polar surface area (TPSA) is 76.4 Å². The molecule has 0 amide bonds. The van der Waals surface area contributed by atoms with E-state index in [1.165, 1.54) is 0 Å².